The summed E-state index contributed by atoms with van der Waals surface area (Å²) < 4.78 is 1.64. The van der Waals surface area contributed by atoms with E-state index in [4.69, 9.17) is 5.73 Å². The first-order valence-corrected chi connectivity index (χ1v) is 10.3. The molecule has 2 aromatic rings. The summed E-state index contributed by atoms with van der Waals surface area (Å²) in [5.41, 5.74) is 6.86. The van der Waals surface area contributed by atoms with E-state index in [9.17, 15) is 14.4 Å². The quantitative estimate of drug-likeness (QED) is 0.440. The molecule has 0 aliphatic heterocycles. The van der Waals surface area contributed by atoms with Gasteiger partial charge in [0, 0.05) is 6.54 Å². The third-order valence-corrected chi connectivity index (χ3v) is 5.86. The fourth-order valence-electron chi connectivity index (χ4n) is 3.26. The van der Waals surface area contributed by atoms with Crippen LogP contribution in [0.15, 0.2) is 45.9 Å². The molecule has 0 radical (unpaired) electrons. The smallest absolute Gasteiger partial charge is 0.318 e. The van der Waals surface area contributed by atoms with Crippen LogP contribution < -0.4 is 16.6 Å². The van der Waals surface area contributed by atoms with E-state index in [-0.39, 0.29) is 5.56 Å². The fourth-order valence-corrected chi connectivity index (χ4v) is 4.19. The predicted molar refractivity (Wildman–Crippen MR) is 110 cm³/mol. The maximum absolute atomic E-state index is 13.1. The van der Waals surface area contributed by atoms with Crippen LogP contribution in [-0.2, 0) is 11.3 Å². The Bertz CT molecular complexity index is 983. The molecule has 0 fully saturated rings. The van der Waals surface area contributed by atoms with Gasteiger partial charge in [0.15, 0.2) is 5.16 Å². The Morgan fingerprint density at radius 1 is 1.32 bits per heavy atom. The molecule has 0 saturated heterocycles. The van der Waals surface area contributed by atoms with Gasteiger partial charge in [0.2, 0.25) is 5.91 Å². The number of primary amides is 1. The Balaban J connectivity index is 1.92. The van der Waals surface area contributed by atoms with Crippen LogP contribution in [0.3, 0.4) is 0 Å². The molecular formula is C20H24N4O3S. The molecule has 1 aromatic carbocycles. The van der Waals surface area contributed by atoms with E-state index in [1.54, 1.807) is 23.6 Å². The van der Waals surface area contributed by atoms with Gasteiger partial charge in [-0.3, -0.25) is 19.5 Å². The number of nitrogens with one attached hydrogen (secondary N) is 1. The molecule has 1 aliphatic rings. The summed E-state index contributed by atoms with van der Waals surface area (Å²) in [4.78, 5) is 40.7. The van der Waals surface area contributed by atoms with E-state index >= 15 is 0 Å². The number of benzene rings is 1. The number of rotatable bonds is 6. The Labute approximate surface area is 167 Å². The Morgan fingerprint density at radius 3 is 2.82 bits per heavy atom. The lowest BCUT2D eigenvalue weighted by atomic mass is 9.97. The maximum Gasteiger partial charge on any atom is 0.318 e. The van der Waals surface area contributed by atoms with Gasteiger partial charge < -0.3 is 5.73 Å². The van der Waals surface area contributed by atoms with Crippen molar-refractivity contribution in [3.05, 3.63) is 46.3 Å². The molecule has 1 atom stereocenters. The average Bonchev–Trinajstić information content (AvgIpc) is 2.68. The lowest BCUT2D eigenvalue weighted by molar-refractivity contribution is -0.119. The van der Waals surface area contributed by atoms with Gasteiger partial charge in [0.1, 0.15) is 0 Å². The van der Waals surface area contributed by atoms with Gasteiger partial charge in [-0.2, -0.15) is 0 Å². The molecular weight excluding hydrogens is 376 g/mol. The molecule has 0 unspecified atom stereocenters. The summed E-state index contributed by atoms with van der Waals surface area (Å²) in [5, 5.41) is 2.47. The van der Waals surface area contributed by atoms with Crippen molar-refractivity contribution in [2.75, 3.05) is 0 Å². The standard InChI is InChI=1S/C20H24N4O3S/c1-13(17(25)23-19(21)27)28-20-22-16-10-6-5-9-15(16)18(26)24(20)12-11-14-7-3-2-4-8-14/h5-7,9-10,13H,2-4,8,11-12H2,1H3,(H3,21,23,25,27)/t13-/m0/s1. The number of nitrogens with two attached hydrogens (primary N) is 1. The van der Waals surface area contributed by atoms with E-state index in [1.807, 2.05) is 12.1 Å². The van der Waals surface area contributed by atoms with Crippen molar-refractivity contribution in [2.45, 2.75) is 56.0 Å². The van der Waals surface area contributed by atoms with E-state index in [1.165, 1.54) is 18.4 Å². The Morgan fingerprint density at radius 2 is 2.11 bits per heavy atom. The molecule has 0 bridgehead atoms. The maximum atomic E-state index is 13.1. The summed E-state index contributed by atoms with van der Waals surface area (Å²) in [6.07, 6.45) is 7.60. The van der Waals surface area contributed by atoms with Crippen LogP contribution in [-0.4, -0.2) is 26.7 Å². The number of nitrogens with zero attached hydrogens (tertiary/aromatic N) is 2. The number of hydrogen-bond acceptors (Lipinski definition) is 5. The third-order valence-electron chi connectivity index (χ3n) is 4.77. The van der Waals surface area contributed by atoms with Gasteiger partial charge in [0.05, 0.1) is 16.2 Å². The molecule has 28 heavy (non-hydrogen) atoms. The molecule has 1 aliphatic carbocycles. The number of carbonyl (C=O) groups is 2. The zero-order chi connectivity index (χ0) is 20.1. The predicted octanol–water partition coefficient (Wildman–Crippen LogP) is 2.96. The highest BCUT2D eigenvalue weighted by Crippen LogP contribution is 2.25. The molecule has 8 heteroatoms. The number of urea groups is 1. The van der Waals surface area contributed by atoms with Crippen molar-refractivity contribution >= 4 is 34.6 Å². The number of allylic oxidation sites excluding steroid dienone is 2. The van der Waals surface area contributed by atoms with Crippen molar-refractivity contribution < 1.29 is 9.59 Å². The number of para-hydroxylation sites is 1. The first-order valence-electron chi connectivity index (χ1n) is 9.40. The number of thioether (sulfide) groups is 1. The number of aromatic nitrogens is 2. The summed E-state index contributed by atoms with van der Waals surface area (Å²) >= 11 is 1.15. The molecule has 0 spiro atoms. The lowest BCUT2D eigenvalue weighted by Crippen LogP contribution is -2.39. The second kappa shape index (κ2) is 9.05. The van der Waals surface area contributed by atoms with E-state index in [2.05, 4.69) is 16.4 Å². The van der Waals surface area contributed by atoms with Crippen molar-refractivity contribution in [1.29, 1.82) is 0 Å². The highest BCUT2D eigenvalue weighted by Gasteiger charge is 2.20. The molecule has 1 heterocycles. The number of hydrogen-bond donors (Lipinski definition) is 2. The van der Waals surface area contributed by atoms with Crippen molar-refractivity contribution in [1.82, 2.24) is 14.9 Å². The second-order valence-corrected chi connectivity index (χ2v) is 8.15. The number of amides is 3. The molecule has 1 aromatic heterocycles. The van der Waals surface area contributed by atoms with Crippen LogP contribution in [0.1, 0.15) is 39.0 Å². The highest BCUT2D eigenvalue weighted by atomic mass is 32.2. The minimum Gasteiger partial charge on any atom is -0.351 e. The van der Waals surface area contributed by atoms with Crippen LogP contribution >= 0.6 is 11.8 Å². The van der Waals surface area contributed by atoms with Crippen LogP contribution in [0.4, 0.5) is 4.79 Å². The highest BCUT2D eigenvalue weighted by molar-refractivity contribution is 8.00. The fraction of sp³-hybridized carbons (Fsp3) is 0.400. The van der Waals surface area contributed by atoms with E-state index in [0.29, 0.717) is 22.6 Å². The Kier molecular flexibility index (Phi) is 6.51. The second-order valence-electron chi connectivity index (χ2n) is 6.84. The minimum absolute atomic E-state index is 0.119. The lowest BCUT2D eigenvalue weighted by Gasteiger charge is -2.17. The third kappa shape index (κ3) is 4.81. The number of fused-ring (bicyclic) bond motifs is 1. The molecule has 148 valence electrons. The summed E-state index contributed by atoms with van der Waals surface area (Å²) in [6, 6.07) is 6.28. The van der Waals surface area contributed by atoms with Crippen molar-refractivity contribution in [2.24, 2.45) is 5.73 Å². The zero-order valence-corrected chi connectivity index (χ0v) is 16.6. The minimum atomic E-state index is -0.898. The van der Waals surface area contributed by atoms with Crippen LogP contribution in [0.25, 0.3) is 10.9 Å². The van der Waals surface area contributed by atoms with Crippen LogP contribution in [0.5, 0.6) is 0 Å². The molecule has 7 nitrogen and oxygen atoms in total. The Hall–Kier alpha value is -2.61. The first kappa shape index (κ1) is 20.1. The SMILES string of the molecule is C[C@H](Sc1nc2ccccc2c(=O)n1CCC1=CCCCC1)C(=O)NC(N)=O. The van der Waals surface area contributed by atoms with Gasteiger partial charge in [-0.05, 0) is 51.2 Å². The molecule has 0 saturated carbocycles. The zero-order valence-electron chi connectivity index (χ0n) is 15.8. The summed E-state index contributed by atoms with van der Waals surface area (Å²) in [5.74, 6) is -0.513. The van der Waals surface area contributed by atoms with Gasteiger partial charge >= 0.3 is 6.03 Å². The van der Waals surface area contributed by atoms with Gasteiger partial charge in [-0.15, -0.1) is 0 Å². The van der Waals surface area contributed by atoms with Crippen LogP contribution in [0.2, 0.25) is 0 Å². The van der Waals surface area contributed by atoms with Gasteiger partial charge in [0.25, 0.3) is 5.56 Å². The first-order chi connectivity index (χ1) is 13.5. The number of carbonyl (C=O) groups excluding carboxylic acids is 2. The van der Waals surface area contributed by atoms with Gasteiger partial charge in [-0.25, -0.2) is 9.78 Å². The average molecular weight is 401 g/mol. The van der Waals surface area contributed by atoms with E-state index < -0.39 is 17.2 Å². The van der Waals surface area contributed by atoms with Gasteiger partial charge in [-0.1, -0.05) is 35.5 Å². The topological polar surface area (TPSA) is 107 Å². The van der Waals surface area contributed by atoms with Crippen molar-refractivity contribution in [3.8, 4) is 0 Å². The molecule has 3 amide bonds. The van der Waals surface area contributed by atoms with Crippen molar-refractivity contribution in [3.63, 3.8) is 0 Å². The number of imide groups is 1. The van der Waals surface area contributed by atoms with Crippen LogP contribution in [0, 0.1) is 0 Å². The normalized spacial score (nSPS) is 15.1. The molecule has 3 rings (SSSR count). The largest absolute Gasteiger partial charge is 0.351 e. The van der Waals surface area contributed by atoms with E-state index in [0.717, 1.165) is 31.0 Å². The summed E-state index contributed by atoms with van der Waals surface area (Å²) in [6.45, 7) is 2.16. The summed E-state index contributed by atoms with van der Waals surface area (Å²) in [7, 11) is 0. The monoisotopic (exact) mass is 400 g/mol. The molecule has 3 N–H and O–H groups in total.